The van der Waals surface area contributed by atoms with E-state index in [0.717, 1.165) is 47.7 Å². The summed E-state index contributed by atoms with van der Waals surface area (Å²) in [5, 5.41) is 2.99. The number of amides is 2. The number of morpholine rings is 1. The van der Waals surface area contributed by atoms with E-state index in [4.69, 9.17) is 4.74 Å². The van der Waals surface area contributed by atoms with E-state index in [1.165, 1.54) is 5.56 Å². The first-order valence-electron chi connectivity index (χ1n) is 13.1. The molecule has 2 aromatic heterocycles. The minimum atomic E-state index is -0.241. The number of rotatable bonds is 5. The Morgan fingerprint density at radius 3 is 2.54 bits per heavy atom. The van der Waals surface area contributed by atoms with E-state index in [1.807, 2.05) is 27.5 Å². The number of halogens is 1. The normalized spacial score (nSPS) is 16.9. The second-order valence-corrected chi connectivity index (χ2v) is 10.8. The van der Waals surface area contributed by atoms with Crippen molar-refractivity contribution >= 4 is 44.9 Å². The second kappa shape index (κ2) is 10.4. The van der Waals surface area contributed by atoms with Crippen LogP contribution in [0.5, 0.6) is 0 Å². The Hall–Kier alpha value is -3.76. The van der Waals surface area contributed by atoms with Crippen molar-refractivity contribution in [1.29, 1.82) is 0 Å². The van der Waals surface area contributed by atoms with Crippen LogP contribution in [-0.4, -0.2) is 58.5 Å². The molecule has 2 amide bonds. The fourth-order valence-electron chi connectivity index (χ4n) is 5.43. The van der Waals surface area contributed by atoms with E-state index in [9.17, 15) is 9.59 Å². The SMILES string of the molecule is CC(=O)N1c2ccc(-c3ccc(CNC(=O)c4cn5cc(Br)nc(N6CCOCC6)c5n4)cc3)cc2CC1C. The number of hydrogen-bond donors (Lipinski definition) is 1. The van der Waals surface area contributed by atoms with E-state index in [-0.39, 0.29) is 17.9 Å². The summed E-state index contributed by atoms with van der Waals surface area (Å²) in [6.07, 6.45) is 4.39. The first-order valence-corrected chi connectivity index (χ1v) is 13.8. The number of nitrogens with one attached hydrogen (secondary N) is 1. The summed E-state index contributed by atoms with van der Waals surface area (Å²) in [6, 6.07) is 14.6. The van der Waals surface area contributed by atoms with Gasteiger partial charge in [-0.25, -0.2) is 9.97 Å². The van der Waals surface area contributed by atoms with Crippen molar-refractivity contribution in [3.05, 3.63) is 76.3 Å². The molecule has 2 aliphatic heterocycles. The lowest BCUT2D eigenvalue weighted by Crippen LogP contribution is -2.37. The Labute approximate surface area is 234 Å². The molecule has 2 aromatic carbocycles. The third kappa shape index (κ3) is 5.02. The summed E-state index contributed by atoms with van der Waals surface area (Å²) < 4.78 is 7.97. The van der Waals surface area contributed by atoms with E-state index >= 15 is 0 Å². The zero-order valence-electron chi connectivity index (χ0n) is 21.9. The zero-order chi connectivity index (χ0) is 27.1. The van der Waals surface area contributed by atoms with Crippen LogP contribution >= 0.6 is 15.9 Å². The number of benzene rings is 2. The van der Waals surface area contributed by atoms with E-state index in [2.05, 4.69) is 67.3 Å². The van der Waals surface area contributed by atoms with Crippen LogP contribution in [0.15, 0.2) is 59.5 Å². The Bertz CT molecular complexity index is 1560. The van der Waals surface area contributed by atoms with Crippen LogP contribution in [0.1, 0.15) is 35.5 Å². The van der Waals surface area contributed by atoms with Gasteiger partial charge in [0.1, 0.15) is 10.3 Å². The monoisotopic (exact) mass is 588 g/mol. The molecule has 2 aliphatic rings. The molecule has 0 bridgehead atoms. The summed E-state index contributed by atoms with van der Waals surface area (Å²) in [5.74, 6) is 0.568. The number of carbonyl (C=O) groups is 2. The summed E-state index contributed by atoms with van der Waals surface area (Å²) in [4.78, 5) is 38.2. The first kappa shape index (κ1) is 25.5. The van der Waals surface area contributed by atoms with Crippen LogP contribution < -0.4 is 15.1 Å². The molecule has 1 saturated heterocycles. The molecule has 1 fully saturated rings. The van der Waals surface area contributed by atoms with Gasteiger partial charge in [-0.15, -0.1) is 0 Å². The number of anilines is 2. The van der Waals surface area contributed by atoms with Crippen molar-refractivity contribution in [1.82, 2.24) is 19.7 Å². The van der Waals surface area contributed by atoms with Gasteiger partial charge in [-0.2, -0.15) is 0 Å². The lowest BCUT2D eigenvalue weighted by atomic mass is 10.00. The van der Waals surface area contributed by atoms with Crippen molar-refractivity contribution in [2.75, 3.05) is 36.1 Å². The van der Waals surface area contributed by atoms with Gasteiger partial charge < -0.3 is 24.3 Å². The lowest BCUT2D eigenvalue weighted by Gasteiger charge is -2.27. The highest BCUT2D eigenvalue weighted by Gasteiger charge is 2.29. The zero-order valence-corrected chi connectivity index (χ0v) is 23.4. The number of fused-ring (bicyclic) bond motifs is 2. The third-order valence-corrected chi connectivity index (χ3v) is 7.69. The second-order valence-electron chi connectivity index (χ2n) is 10.0. The van der Waals surface area contributed by atoms with Crippen LogP contribution in [-0.2, 0) is 22.5 Å². The largest absolute Gasteiger partial charge is 0.378 e. The molecule has 0 radical (unpaired) electrons. The molecule has 1 N–H and O–H groups in total. The van der Waals surface area contributed by atoms with Crippen LogP contribution in [0.2, 0.25) is 0 Å². The van der Waals surface area contributed by atoms with Gasteiger partial charge in [-0.05, 0) is 63.7 Å². The molecule has 39 heavy (non-hydrogen) atoms. The Kier molecular flexibility index (Phi) is 6.82. The molecule has 1 unspecified atom stereocenters. The van der Waals surface area contributed by atoms with Gasteiger partial charge in [0.05, 0.1) is 13.2 Å². The number of hydrogen-bond acceptors (Lipinski definition) is 6. The Morgan fingerprint density at radius 2 is 1.79 bits per heavy atom. The molecule has 9 nitrogen and oxygen atoms in total. The van der Waals surface area contributed by atoms with Crippen molar-refractivity contribution in [3.8, 4) is 11.1 Å². The average molecular weight is 589 g/mol. The maximum atomic E-state index is 13.0. The molecule has 4 heterocycles. The summed E-state index contributed by atoms with van der Waals surface area (Å²) in [5.41, 5.74) is 6.38. The number of aromatic nitrogens is 3. The van der Waals surface area contributed by atoms with Crippen LogP contribution in [0.4, 0.5) is 11.5 Å². The van der Waals surface area contributed by atoms with Gasteiger partial charge in [0, 0.05) is 50.7 Å². The molecule has 0 saturated carbocycles. The fraction of sp³-hybridized carbons (Fsp3) is 0.310. The number of ether oxygens (including phenoxy) is 1. The van der Waals surface area contributed by atoms with Gasteiger partial charge in [0.2, 0.25) is 5.91 Å². The van der Waals surface area contributed by atoms with Crippen LogP contribution in [0.3, 0.4) is 0 Å². The van der Waals surface area contributed by atoms with Crippen molar-refractivity contribution in [3.63, 3.8) is 0 Å². The number of carbonyl (C=O) groups excluding carboxylic acids is 2. The predicted molar refractivity (Wildman–Crippen MR) is 153 cm³/mol. The van der Waals surface area contributed by atoms with Gasteiger partial charge in [-0.1, -0.05) is 30.3 Å². The molecule has 10 heteroatoms. The summed E-state index contributed by atoms with van der Waals surface area (Å²) in [6.45, 7) is 6.81. The topological polar surface area (TPSA) is 92.1 Å². The van der Waals surface area contributed by atoms with E-state index < -0.39 is 0 Å². The number of imidazole rings is 1. The van der Waals surface area contributed by atoms with Gasteiger partial charge in [0.15, 0.2) is 11.5 Å². The highest BCUT2D eigenvalue weighted by Crippen LogP contribution is 2.35. The molecule has 0 aliphatic carbocycles. The molecule has 4 aromatic rings. The standard InChI is InChI=1S/C29H29BrN6O3/c1-18-13-23-14-22(7-8-25(23)36(18)19(2)37)21-5-3-20(4-6-21)15-31-29(38)24-16-35-17-26(30)33-28(27(35)32-24)34-9-11-39-12-10-34/h3-8,14,16-18H,9-13,15H2,1-2H3,(H,31,38). The maximum absolute atomic E-state index is 13.0. The summed E-state index contributed by atoms with van der Waals surface area (Å²) in [7, 11) is 0. The maximum Gasteiger partial charge on any atom is 0.271 e. The lowest BCUT2D eigenvalue weighted by molar-refractivity contribution is -0.116. The molecular formula is C29H29BrN6O3. The fourth-order valence-corrected chi connectivity index (χ4v) is 5.82. The van der Waals surface area contributed by atoms with Crippen molar-refractivity contribution in [2.45, 2.75) is 32.9 Å². The van der Waals surface area contributed by atoms with Gasteiger partial charge in [0.25, 0.3) is 5.91 Å². The molecular weight excluding hydrogens is 560 g/mol. The highest BCUT2D eigenvalue weighted by molar-refractivity contribution is 9.10. The molecule has 6 rings (SSSR count). The molecule has 0 spiro atoms. The van der Waals surface area contributed by atoms with Crippen molar-refractivity contribution in [2.24, 2.45) is 0 Å². The quantitative estimate of drug-likeness (QED) is 0.375. The molecule has 200 valence electrons. The first-order chi connectivity index (χ1) is 18.9. The van der Waals surface area contributed by atoms with Gasteiger partial charge in [-0.3, -0.25) is 9.59 Å². The predicted octanol–water partition coefficient (Wildman–Crippen LogP) is 4.22. The summed E-state index contributed by atoms with van der Waals surface area (Å²) >= 11 is 3.47. The van der Waals surface area contributed by atoms with E-state index in [0.29, 0.717) is 35.7 Å². The Morgan fingerprint density at radius 1 is 1.05 bits per heavy atom. The van der Waals surface area contributed by atoms with Gasteiger partial charge >= 0.3 is 0 Å². The average Bonchev–Trinajstić information content (AvgIpc) is 3.51. The van der Waals surface area contributed by atoms with E-state index in [1.54, 1.807) is 19.3 Å². The minimum Gasteiger partial charge on any atom is -0.378 e. The Balaban J connectivity index is 1.14. The van der Waals surface area contributed by atoms with Crippen LogP contribution in [0, 0.1) is 0 Å². The van der Waals surface area contributed by atoms with Crippen LogP contribution in [0.25, 0.3) is 16.8 Å². The molecule has 1 atom stereocenters. The highest BCUT2D eigenvalue weighted by atomic mass is 79.9. The third-order valence-electron chi connectivity index (χ3n) is 7.31. The minimum absolute atomic E-state index is 0.0751. The smallest absolute Gasteiger partial charge is 0.271 e. The van der Waals surface area contributed by atoms with Crippen molar-refractivity contribution < 1.29 is 14.3 Å². The number of nitrogens with zero attached hydrogens (tertiary/aromatic N) is 5.